The summed E-state index contributed by atoms with van der Waals surface area (Å²) in [7, 11) is 0. The number of fused-ring (bicyclic) bond motifs is 2. The van der Waals surface area contributed by atoms with Crippen molar-refractivity contribution in [3.63, 3.8) is 0 Å². The number of benzene rings is 1. The van der Waals surface area contributed by atoms with Crippen molar-refractivity contribution in [2.24, 2.45) is 0 Å². The van der Waals surface area contributed by atoms with Gasteiger partial charge in [-0.2, -0.15) is 0 Å². The number of hydrogen-bond acceptors (Lipinski definition) is 2. The van der Waals surface area contributed by atoms with Crippen molar-refractivity contribution in [2.45, 2.75) is 44.8 Å². The van der Waals surface area contributed by atoms with E-state index in [1.165, 1.54) is 35.1 Å². The molecule has 2 aromatic rings. The van der Waals surface area contributed by atoms with Gasteiger partial charge in [0.15, 0.2) is 0 Å². The molecular formula is C20H22N2. The van der Waals surface area contributed by atoms with Gasteiger partial charge in [0.2, 0.25) is 0 Å². The van der Waals surface area contributed by atoms with Crippen LogP contribution in [0.15, 0.2) is 54.9 Å². The molecular weight excluding hydrogens is 268 g/mol. The molecule has 2 atom stereocenters. The van der Waals surface area contributed by atoms with E-state index in [-0.39, 0.29) is 0 Å². The monoisotopic (exact) mass is 290 g/mol. The van der Waals surface area contributed by atoms with Crippen molar-refractivity contribution >= 4 is 5.57 Å². The van der Waals surface area contributed by atoms with Crippen LogP contribution in [-0.4, -0.2) is 22.0 Å². The van der Waals surface area contributed by atoms with Crippen LogP contribution in [0.2, 0.25) is 0 Å². The van der Waals surface area contributed by atoms with Crippen molar-refractivity contribution in [3.05, 3.63) is 71.6 Å². The molecule has 1 aromatic carbocycles. The van der Waals surface area contributed by atoms with Crippen LogP contribution < -0.4 is 0 Å². The molecule has 2 aliphatic rings. The average Bonchev–Trinajstić information content (AvgIpc) is 2.78. The molecule has 1 aromatic heterocycles. The van der Waals surface area contributed by atoms with Gasteiger partial charge in [-0.15, -0.1) is 0 Å². The fourth-order valence-electron chi connectivity index (χ4n) is 3.90. The number of aromatic nitrogens is 1. The molecule has 2 nitrogen and oxygen atoms in total. The fourth-order valence-corrected chi connectivity index (χ4v) is 3.90. The van der Waals surface area contributed by atoms with Gasteiger partial charge < -0.3 is 0 Å². The summed E-state index contributed by atoms with van der Waals surface area (Å²) in [4.78, 5) is 7.04. The van der Waals surface area contributed by atoms with Crippen molar-refractivity contribution in [2.75, 3.05) is 0 Å². The van der Waals surface area contributed by atoms with E-state index >= 15 is 0 Å². The molecule has 1 fully saturated rings. The lowest BCUT2D eigenvalue weighted by Crippen LogP contribution is -2.37. The largest absolute Gasteiger partial charge is 0.289 e. The summed E-state index contributed by atoms with van der Waals surface area (Å²) in [6.07, 6.45) is 10.2. The van der Waals surface area contributed by atoms with Crippen LogP contribution in [0.4, 0.5) is 0 Å². The van der Waals surface area contributed by atoms with Gasteiger partial charge in [-0.25, -0.2) is 0 Å². The first kappa shape index (κ1) is 13.7. The van der Waals surface area contributed by atoms with Crippen LogP contribution in [0.1, 0.15) is 36.0 Å². The quantitative estimate of drug-likeness (QED) is 0.842. The van der Waals surface area contributed by atoms with E-state index in [0.29, 0.717) is 12.1 Å². The fraction of sp³-hybridized carbons (Fsp3) is 0.350. The molecule has 0 N–H and O–H groups in total. The highest BCUT2D eigenvalue weighted by molar-refractivity contribution is 5.67. The lowest BCUT2D eigenvalue weighted by molar-refractivity contribution is 0.203. The highest BCUT2D eigenvalue weighted by atomic mass is 15.2. The molecule has 0 amide bonds. The predicted octanol–water partition coefficient (Wildman–Crippen LogP) is 4.21. The van der Waals surface area contributed by atoms with Gasteiger partial charge in [0, 0.05) is 31.0 Å². The zero-order chi connectivity index (χ0) is 14.9. The second-order valence-corrected chi connectivity index (χ2v) is 6.60. The van der Waals surface area contributed by atoms with Gasteiger partial charge >= 0.3 is 0 Å². The zero-order valence-electron chi connectivity index (χ0n) is 13.1. The molecule has 4 rings (SSSR count). The Bertz CT molecular complexity index is 690. The number of nitrogens with zero attached hydrogens (tertiary/aromatic N) is 2. The number of aryl methyl sites for hydroxylation is 1. The molecule has 0 aliphatic carbocycles. The minimum atomic E-state index is 0.592. The van der Waals surface area contributed by atoms with Crippen molar-refractivity contribution in [1.29, 1.82) is 0 Å². The Labute approximate surface area is 132 Å². The summed E-state index contributed by atoms with van der Waals surface area (Å²) in [5, 5.41) is 0. The van der Waals surface area contributed by atoms with Crippen LogP contribution in [0.3, 0.4) is 0 Å². The third-order valence-electron chi connectivity index (χ3n) is 4.99. The Balaban J connectivity index is 1.57. The molecule has 0 radical (unpaired) electrons. The highest BCUT2D eigenvalue weighted by Gasteiger charge is 2.36. The smallest absolute Gasteiger partial charge is 0.0343 e. The SMILES string of the molecule is Cc1cncc(C2=CC3CCC(C2)N3Cc2ccccc2)c1. The van der Waals surface area contributed by atoms with Gasteiger partial charge in [-0.1, -0.05) is 36.4 Å². The highest BCUT2D eigenvalue weighted by Crippen LogP contribution is 2.39. The molecule has 22 heavy (non-hydrogen) atoms. The second kappa shape index (κ2) is 5.69. The Morgan fingerprint density at radius 3 is 2.77 bits per heavy atom. The van der Waals surface area contributed by atoms with Crippen LogP contribution in [0, 0.1) is 6.92 Å². The van der Waals surface area contributed by atoms with Gasteiger partial charge in [0.1, 0.15) is 0 Å². The molecule has 0 saturated carbocycles. The minimum Gasteiger partial charge on any atom is -0.289 e. The van der Waals surface area contributed by atoms with E-state index in [2.05, 4.69) is 59.3 Å². The minimum absolute atomic E-state index is 0.592. The van der Waals surface area contributed by atoms with Gasteiger partial charge in [0.25, 0.3) is 0 Å². The van der Waals surface area contributed by atoms with Crippen molar-refractivity contribution < 1.29 is 0 Å². The van der Waals surface area contributed by atoms with Crippen molar-refractivity contribution in [1.82, 2.24) is 9.88 Å². The summed E-state index contributed by atoms with van der Waals surface area (Å²) in [5.74, 6) is 0. The summed E-state index contributed by atoms with van der Waals surface area (Å²) in [6.45, 7) is 3.20. The summed E-state index contributed by atoms with van der Waals surface area (Å²) in [5.41, 5.74) is 5.48. The topological polar surface area (TPSA) is 16.1 Å². The standard InChI is InChI=1S/C20H22N2/c1-15-9-18(13-21-12-15)17-10-19-7-8-20(11-17)22(19)14-16-5-3-2-4-6-16/h2-6,9-10,12-13,19-20H,7-8,11,14H2,1H3. The van der Waals surface area contributed by atoms with E-state index in [4.69, 9.17) is 0 Å². The zero-order valence-corrected chi connectivity index (χ0v) is 13.1. The number of hydrogen-bond donors (Lipinski definition) is 0. The summed E-state index contributed by atoms with van der Waals surface area (Å²) < 4.78 is 0. The molecule has 2 heteroatoms. The number of rotatable bonds is 3. The van der Waals surface area contributed by atoms with E-state index in [1.807, 2.05) is 12.4 Å². The first-order chi connectivity index (χ1) is 10.8. The van der Waals surface area contributed by atoms with Crippen LogP contribution >= 0.6 is 0 Å². The Morgan fingerprint density at radius 1 is 1.14 bits per heavy atom. The third kappa shape index (κ3) is 2.59. The van der Waals surface area contributed by atoms with Gasteiger partial charge in [-0.3, -0.25) is 9.88 Å². The van der Waals surface area contributed by atoms with E-state index in [1.54, 1.807) is 0 Å². The van der Waals surface area contributed by atoms with Gasteiger partial charge in [-0.05, 0) is 54.5 Å². The average molecular weight is 290 g/mol. The first-order valence-electron chi connectivity index (χ1n) is 8.22. The van der Waals surface area contributed by atoms with Crippen LogP contribution in [-0.2, 0) is 6.54 Å². The second-order valence-electron chi connectivity index (χ2n) is 6.60. The third-order valence-corrected chi connectivity index (χ3v) is 4.99. The molecule has 2 aliphatic heterocycles. The van der Waals surface area contributed by atoms with Crippen molar-refractivity contribution in [3.8, 4) is 0 Å². The lowest BCUT2D eigenvalue weighted by Gasteiger charge is -2.34. The maximum Gasteiger partial charge on any atom is 0.0343 e. The van der Waals surface area contributed by atoms with Crippen LogP contribution in [0.25, 0.3) is 5.57 Å². The first-order valence-corrected chi connectivity index (χ1v) is 8.22. The van der Waals surface area contributed by atoms with Gasteiger partial charge in [0.05, 0.1) is 0 Å². The van der Waals surface area contributed by atoms with E-state index < -0.39 is 0 Å². The Kier molecular flexibility index (Phi) is 3.55. The Morgan fingerprint density at radius 2 is 2.00 bits per heavy atom. The molecule has 3 heterocycles. The lowest BCUT2D eigenvalue weighted by atomic mass is 9.95. The molecule has 112 valence electrons. The molecule has 2 bridgehead atoms. The molecule has 2 unspecified atom stereocenters. The maximum absolute atomic E-state index is 4.36. The van der Waals surface area contributed by atoms with E-state index in [0.717, 1.165) is 13.0 Å². The molecule has 0 spiro atoms. The summed E-state index contributed by atoms with van der Waals surface area (Å²) in [6, 6.07) is 14.4. The number of pyridine rings is 1. The maximum atomic E-state index is 4.36. The Hall–Kier alpha value is -1.93. The van der Waals surface area contributed by atoms with Crippen LogP contribution in [0.5, 0.6) is 0 Å². The summed E-state index contributed by atoms with van der Waals surface area (Å²) >= 11 is 0. The predicted molar refractivity (Wildman–Crippen MR) is 90.4 cm³/mol. The normalized spacial score (nSPS) is 24.3. The van der Waals surface area contributed by atoms with E-state index in [9.17, 15) is 0 Å². The molecule has 1 saturated heterocycles.